The van der Waals surface area contributed by atoms with E-state index in [1.54, 1.807) is 30.3 Å². The van der Waals surface area contributed by atoms with Crippen LogP contribution >= 0.6 is 23.2 Å². The van der Waals surface area contributed by atoms with Crippen molar-refractivity contribution >= 4 is 46.6 Å². The average molecular weight is 456 g/mol. The molecule has 1 aromatic heterocycles. The van der Waals surface area contributed by atoms with E-state index in [1.165, 1.54) is 6.08 Å². The Balaban J connectivity index is 1.44. The van der Waals surface area contributed by atoms with Crippen LogP contribution in [0.5, 0.6) is 0 Å². The van der Waals surface area contributed by atoms with Crippen LogP contribution in [0.25, 0.3) is 17.4 Å². The highest BCUT2D eigenvalue weighted by Crippen LogP contribution is 2.32. The van der Waals surface area contributed by atoms with Crippen molar-refractivity contribution in [2.75, 3.05) is 43.4 Å². The molecule has 5 nitrogen and oxygen atoms in total. The van der Waals surface area contributed by atoms with Gasteiger partial charge in [-0.2, -0.15) is 0 Å². The number of furan rings is 1. The number of para-hydroxylation sites is 2. The lowest BCUT2D eigenvalue weighted by Gasteiger charge is -2.35. The number of benzene rings is 2. The molecule has 0 spiro atoms. The summed E-state index contributed by atoms with van der Waals surface area (Å²) in [7, 11) is 2.12. The Morgan fingerprint density at radius 2 is 1.81 bits per heavy atom. The molecule has 2 heterocycles. The predicted molar refractivity (Wildman–Crippen MR) is 128 cm³/mol. The third kappa shape index (κ3) is 5.31. The number of nitrogens with zero attached hydrogens (tertiary/aromatic N) is 2. The number of hydrogen-bond donors (Lipinski definition) is 1. The summed E-state index contributed by atoms with van der Waals surface area (Å²) in [4.78, 5) is 17.1. The lowest BCUT2D eigenvalue weighted by molar-refractivity contribution is -0.111. The number of hydrogen-bond acceptors (Lipinski definition) is 4. The van der Waals surface area contributed by atoms with E-state index in [2.05, 4.69) is 22.2 Å². The van der Waals surface area contributed by atoms with Crippen LogP contribution in [0.4, 0.5) is 11.4 Å². The molecule has 0 radical (unpaired) electrons. The number of rotatable bonds is 5. The van der Waals surface area contributed by atoms with E-state index in [0.717, 1.165) is 43.1 Å². The van der Waals surface area contributed by atoms with E-state index in [-0.39, 0.29) is 5.91 Å². The van der Waals surface area contributed by atoms with Crippen molar-refractivity contribution in [1.29, 1.82) is 0 Å². The van der Waals surface area contributed by atoms with Crippen LogP contribution in [0, 0.1) is 0 Å². The summed E-state index contributed by atoms with van der Waals surface area (Å²) in [5.41, 5.74) is 2.58. The molecule has 7 heteroatoms. The number of halogens is 2. The average Bonchev–Trinajstić information content (AvgIpc) is 3.22. The summed E-state index contributed by atoms with van der Waals surface area (Å²) in [6.07, 6.45) is 3.11. The predicted octanol–water partition coefficient (Wildman–Crippen LogP) is 5.66. The second kappa shape index (κ2) is 9.60. The second-order valence-corrected chi connectivity index (χ2v) is 8.30. The molecular weight excluding hydrogens is 433 g/mol. The summed E-state index contributed by atoms with van der Waals surface area (Å²) in [5.74, 6) is 0.953. The molecule has 1 N–H and O–H groups in total. The van der Waals surface area contributed by atoms with Gasteiger partial charge >= 0.3 is 0 Å². The Kier molecular flexibility index (Phi) is 6.66. The first kappa shape index (κ1) is 21.5. The molecule has 1 aliphatic heterocycles. The van der Waals surface area contributed by atoms with Gasteiger partial charge in [0.1, 0.15) is 11.5 Å². The van der Waals surface area contributed by atoms with Crippen molar-refractivity contribution < 1.29 is 9.21 Å². The van der Waals surface area contributed by atoms with Crippen molar-refractivity contribution in [3.63, 3.8) is 0 Å². The summed E-state index contributed by atoms with van der Waals surface area (Å²) in [6.45, 7) is 3.87. The molecule has 3 aromatic rings. The zero-order chi connectivity index (χ0) is 21.8. The van der Waals surface area contributed by atoms with Crippen LogP contribution < -0.4 is 10.2 Å². The molecule has 1 aliphatic rings. The van der Waals surface area contributed by atoms with E-state index in [4.69, 9.17) is 27.6 Å². The van der Waals surface area contributed by atoms with Gasteiger partial charge in [0.05, 0.1) is 16.4 Å². The van der Waals surface area contributed by atoms with Crippen molar-refractivity contribution in [3.8, 4) is 11.3 Å². The maximum Gasteiger partial charge on any atom is 0.248 e. The number of piperazine rings is 1. The second-order valence-electron chi connectivity index (χ2n) is 7.46. The molecule has 0 unspecified atom stereocenters. The van der Waals surface area contributed by atoms with Gasteiger partial charge in [0.25, 0.3) is 0 Å². The molecule has 1 fully saturated rings. The number of carbonyl (C=O) groups excluding carboxylic acids is 1. The van der Waals surface area contributed by atoms with E-state index in [0.29, 0.717) is 21.6 Å². The van der Waals surface area contributed by atoms with Gasteiger partial charge in [0.2, 0.25) is 5.91 Å². The zero-order valence-electron chi connectivity index (χ0n) is 17.1. The first-order chi connectivity index (χ1) is 15.0. The first-order valence-corrected chi connectivity index (χ1v) is 10.8. The first-order valence-electron chi connectivity index (χ1n) is 10.1. The third-order valence-electron chi connectivity index (χ3n) is 5.23. The quantitative estimate of drug-likeness (QED) is 0.504. The Morgan fingerprint density at radius 1 is 1.03 bits per heavy atom. The summed E-state index contributed by atoms with van der Waals surface area (Å²) >= 11 is 12.2. The van der Waals surface area contributed by atoms with Crippen LogP contribution in [0.3, 0.4) is 0 Å². The third-order valence-corrected chi connectivity index (χ3v) is 5.78. The summed E-state index contributed by atoms with van der Waals surface area (Å²) < 4.78 is 5.81. The molecule has 0 saturated carbocycles. The van der Waals surface area contributed by atoms with Crippen LogP contribution in [-0.2, 0) is 4.79 Å². The molecule has 0 aliphatic carbocycles. The highest BCUT2D eigenvalue weighted by Gasteiger charge is 2.17. The van der Waals surface area contributed by atoms with E-state index >= 15 is 0 Å². The number of amides is 1. The van der Waals surface area contributed by atoms with Crippen molar-refractivity contribution in [2.24, 2.45) is 0 Å². The van der Waals surface area contributed by atoms with Gasteiger partial charge in [-0.25, -0.2) is 0 Å². The highest BCUT2D eigenvalue weighted by atomic mass is 35.5. The molecular formula is C24H23Cl2N3O2. The Bertz CT molecular complexity index is 1100. The number of carbonyl (C=O) groups is 1. The lowest BCUT2D eigenvalue weighted by atomic mass is 10.2. The SMILES string of the molecule is CN1CCN(c2ccccc2NC(=O)C=Cc2ccc(-c3ccc(Cl)cc3Cl)o2)CC1. The van der Waals surface area contributed by atoms with Gasteiger partial charge < -0.3 is 19.5 Å². The van der Waals surface area contributed by atoms with Crippen LogP contribution in [0.2, 0.25) is 10.0 Å². The largest absolute Gasteiger partial charge is 0.457 e. The molecule has 0 atom stereocenters. The van der Waals surface area contributed by atoms with E-state index in [1.807, 2.05) is 30.3 Å². The zero-order valence-corrected chi connectivity index (χ0v) is 18.7. The molecule has 31 heavy (non-hydrogen) atoms. The minimum Gasteiger partial charge on any atom is -0.457 e. The van der Waals surface area contributed by atoms with Gasteiger partial charge in [-0.05, 0) is 55.6 Å². The summed E-state index contributed by atoms with van der Waals surface area (Å²) in [5, 5.41) is 4.06. The van der Waals surface area contributed by atoms with E-state index in [9.17, 15) is 4.79 Å². The van der Waals surface area contributed by atoms with Gasteiger partial charge in [-0.3, -0.25) is 4.79 Å². The molecule has 1 saturated heterocycles. The monoisotopic (exact) mass is 455 g/mol. The fourth-order valence-corrected chi connectivity index (χ4v) is 4.01. The van der Waals surface area contributed by atoms with Gasteiger partial charge in [0.15, 0.2) is 0 Å². The van der Waals surface area contributed by atoms with Crippen LogP contribution in [-0.4, -0.2) is 44.0 Å². The van der Waals surface area contributed by atoms with Crippen molar-refractivity contribution in [2.45, 2.75) is 0 Å². The fourth-order valence-electron chi connectivity index (χ4n) is 3.51. The van der Waals surface area contributed by atoms with Gasteiger partial charge in [0, 0.05) is 42.8 Å². The fraction of sp³-hybridized carbons (Fsp3) is 0.208. The Hall–Kier alpha value is -2.73. The van der Waals surface area contributed by atoms with Crippen molar-refractivity contribution in [1.82, 2.24) is 4.90 Å². The number of likely N-dealkylation sites (N-methyl/N-ethyl adjacent to an activating group) is 1. The Labute approximate surface area is 191 Å². The minimum absolute atomic E-state index is 0.218. The molecule has 2 aromatic carbocycles. The normalized spacial score (nSPS) is 14.9. The van der Waals surface area contributed by atoms with Gasteiger partial charge in [-0.15, -0.1) is 0 Å². The standard InChI is InChI=1S/C24H23Cl2N3O2/c1-28-12-14-29(15-13-28)22-5-3-2-4-21(22)27-24(30)11-8-18-7-10-23(31-18)19-9-6-17(25)16-20(19)26/h2-11,16H,12-15H2,1H3,(H,27,30). The number of anilines is 2. The maximum absolute atomic E-state index is 12.5. The summed E-state index contributed by atoms with van der Waals surface area (Å²) in [6, 6.07) is 16.7. The molecule has 160 valence electrons. The van der Waals surface area contributed by atoms with Crippen LogP contribution in [0.15, 0.2) is 65.1 Å². The highest BCUT2D eigenvalue weighted by molar-refractivity contribution is 6.36. The van der Waals surface area contributed by atoms with Gasteiger partial charge in [-0.1, -0.05) is 35.3 Å². The van der Waals surface area contributed by atoms with Crippen molar-refractivity contribution in [3.05, 3.63) is 76.5 Å². The molecule has 1 amide bonds. The number of nitrogens with one attached hydrogen (secondary N) is 1. The molecule has 0 bridgehead atoms. The Morgan fingerprint density at radius 3 is 2.58 bits per heavy atom. The molecule has 4 rings (SSSR count). The topological polar surface area (TPSA) is 48.7 Å². The van der Waals surface area contributed by atoms with E-state index < -0.39 is 0 Å². The van der Waals surface area contributed by atoms with Crippen LogP contribution in [0.1, 0.15) is 5.76 Å². The maximum atomic E-state index is 12.5. The smallest absolute Gasteiger partial charge is 0.248 e. The minimum atomic E-state index is -0.218. The lowest BCUT2D eigenvalue weighted by Crippen LogP contribution is -2.44.